The molecule has 0 saturated heterocycles. The average molecular weight is 342 g/mol. The van der Waals surface area contributed by atoms with Crippen LogP contribution in [0.25, 0.3) is 0 Å². The van der Waals surface area contributed by atoms with Crippen molar-refractivity contribution in [2.45, 2.75) is 33.1 Å². The molecule has 5 nitrogen and oxygen atoms in total. The molecule has 1 rings (SSSR count). The van der Waals surface area contributed by atoms with Gasteiger partial charge in [0.05, 0.1) is 11.8 Å². The number of nitrogens with zero attached hydrogens (tertiary/aromatic N) is 1. The van der Waals surface area contributed by atoms with Crippen LogP contribution in [0.15, 0.2) is 24.3 Å². The van der Waals surface area contributed by atoms with Gasteiger partial charge < -0.3 is 16.0 Å². The van der Waals surface area contributed by atoms with Crippen LogP contribution in [0.1, 0.15) is 32.3 Å². The molecule has 0 saturated carbocycles. The summed E-state index contributed by atoms with van der Waals surface area (Å²) in [5.74, 6) is 0.00742. The standard InChI is InChI=1S/C17H27N3O2.ClH/c1-5-17(6-2,12-18)16(22)19-14-9-7-13(8-10-14)11-15(21)20(3)4;/h7-10H,5-6,11-12,18H2,1-4H3,(H,19,22);1H. The highest BCUT2D eigenvalue weighted by Crippen LogP contribution is 2.27. The molecule has 0 aliphatic rings. The molecule has 3 N–H and O–H groups in total. The smallest absolute Gasteiger partial charge is 0.231 e. The van der Waals surface area contributed by atoms with Crippen molar-refractivity contribution >= 4 is 29.9 Å². The second-order valence-electron chi connectivity index (χ2n) is 5.81. The van der Waals surface area contributed by atoms with Gasteiger partial charge in [0.15, 0.2) is 0 Å². The van der Waals surface area contributed by atoms with Crippen LogP contribution in [0.3, 0.4) is 0 Å². The topological polar surface area (TPSA) is 75.4 Å². The lowest BCUT2D eigenvalue weighted by atomic mass is 9.81. The van der Waals surface area contributed by atoms with Crippen molar-refractivity contribution in [2.75, 3.05) is 26.0 Å². The minimum atomic E-state index is -0.514. The number of anilines is 1. The third kappa shape index (κ3) is 5.52. The fourth-order valence-corrected chi connectivity index (χ4v) is 2.25. The minimum Gasteiger partial charge on any atom is -0.349 e. The molecule has 130 valence electrons. The number of carbonyl (C=O) groups is 2. The van der Waals surface area contributed by atoms with Crippen LogP contribution in [-0.4, -0.2) is 37.4 Å². The molecule has 0 bridgehead atoms. The summed E-state index contributed by atoms with van der Waals surface area (Å²) in [5, 5.41) is 2.92. The molecule has 23 heavy (non-hydrogen) atoms. The van der Waals surface area contributed by atoms with Crippen molar-refractivity contribution in [1.82, 2.24) is 4.90 Å². The summed E-state index contributed by atoms with van der Waals surface area (Å²) in [5.41, 5.74) is 6.92. The predicted octanol–water partition coefficient (Wildman–Crippen LogP) is 2.44. The van der Waals surface area contributed by atoms with Gasteiger partial charge in [0, 0.05) is 26.3 Å². The van der Waals surface area contributed by atoms with Gasteiger partial charge in [-0.1, -0.05) is 26.0 Å². The Morgan fingerprint density at radius 1 is 1.13 bits per heavy atom. The first kappa shape index (κ1) is 21.4. The van der Waals surface area contributed by atoms with Gasteiger partial charge in [-0.3, -0.25) is 9.59 Å². The molecule has 0 fully saturated rings. The number of hydrogen-bond acceptors (Lipinski definition) is 3. The molecule has 0 unspecified atom stereocenters. The zero-order valence-electron chi connectivity index (χ0n) is 14.4. The second kappa shape index (κ2) is 9.53. The summed E-state index contributed by atoms with van der Waals surface area (Å²) in [6.45, 7) is 4.29. The van der Waals surface area contributed by atoms with E-state index in [1.54, 1.807) is 19.0 Å². The number of halogens is 1. The van der Waals surface area contributed by atoms with E-state index in [-0.39, 0.29) is 24.2 Å². The number of hydrogen-bond donors (Lipinski definition) is 2. The molecular formula is C17H28ClN3O2. The number of carbonyl (C=O) groups excluding carboxylic acids is 2. The third-order valence-corrected chi connectivity index (χ3v) is 4.29. The Morgan fingerprint density at radius 2 is 1.65 bits per heavy atom. The third-order valence-electron chi connectivity index (χ3n) is 4.29. The van der Waals surface area contributed by atoms with Crippen LogP contribution >= 0.6 is 12.4 Å². The minimum absolute atomic E-state index is 0. The zero-order chi connectivity index (χ0) is 16.8. The van der Waals surface area contributed by atoms with Gasteiger partial charge in [0.25, 0.3) is 0 Å². The molecule has 0 spiro atoms. The van der Waals surface area contributed by atoms with Gasteiger partial charge in [-0.25, -0.2) is 0 Å². The zero-order valence-corrected chi connectivity index (χ0v) is 15.2. The van der Waals surface area contributed by atoms with E-state index in [0.717, 1.165) is 11.3 Å². The number of nitrogens with one attached hydrogen (secondary N) is 1. The van der Waals surface area contributed by atoms with Gasteiger partial charge in [0.1, 0.15) is 0 Å². The van der Waals surface area contributed by atoms with Crippen LogP contribution in [0.2, 0.25) is 0 Å². The number of amides is 2. The van der Waals surface area contributed by atoms with E-state index in [4.69, 9.17) is 5.73 Å². The number of benzene rings is 1. The van der Waals surface area contributed by atoms with E-state index >= 15 is 0 Å². The summed E-state index contributed by atoms with van der Waals surface area (Å²) in [6, 6.07) is 7.36. The fraction of sp³-hybridized carbons (Fsp3) is 0.529. The number of likely N-dealkylation sites (N-methyl/N-ethyl adjacent to an activating group) is 1. The normalized spacial score (nSPS) is 10.7. The molecule has 0 radical (unpaired) electrons. The molecule has 1 aromatic carbocycles. The van der Waals surface area contributed by atoms with E-state index in [0.29, 0.717) is 25.8 Å². The Labute approximate surface area is 145 Å². The van der Waals surface area contributed by atoms with E-state index in [1.807, 2.05) is 38.1 Å². The lowest BCUT2D eigenvalue weighted by Crippen LogP contribution is -2.41. The van der Waals surface area contributed by atoms with Crippen molar-refractivity contribution < 1.29 is 9.59 Å². The fourth-order valence-electron chi connectivity index (χ4n) is 2.25. The lowest BCUT2D eigenvalue weighted by Gasteiger charge is -2.28. The Bertz CT molecular complexity index is 503. The van der Waals surface area contributed by atoms with Crippen LogP contribution < -0.4 is 11.1 Å². The first-order valence-electron chi connectivity index (χ1n) is 7.69. The molecule has 0 atom stereocenters. The van der Waals surface area contributed by atoms with E-state index in [9.17, 15) is 9.59 Å². The van der Waals surface area contributed by atoms with Crippen LogP contribution in [0.4, 0.5) is 5.69 Å². The molecule has 0 aromatic heterocycles. The van der Waals surface area contributed by atoms with Gasteiger partial charge >= 0.3 is 0 Å². The summed E-state index contributed by atoms with van der Waals surface area (Å²) in [6.07, 6.45) is 1.78. The monoisotopic (exact) mass is 341 g/mol. The molecule has 0 aliphatic carbocycles. The molecule has 0 aliphatic heterocycles. The number of rotatable bonds is 7. The summed E-state index contributed by atoms with van der Waals surface area (Å²) < 4.78 is 0. The maximum absolute atomic E-state index is 12.4. The highest BCUT2D eigenvalue weighted by Gasteiger charge is 2.33. The molecular weight excluding hydrogens is 314 g/mol. The Balaban J connectivity index is 0.00000484. The first-order valence-corrected chi connectivity index (χ1v) is 7.69. The second-order valence-corrected chi connectivity index (χ2v) is 5.81. The SMILES string of the molecule is CCC(CC)(CN)C(=O)Nc1ccc(CC(=O)N(C)C)cc1.Cl. The maximum atomic E-state index is 12.4. The summed E-state index contributed by atoms with van der Waals surface area (Å²) in [7, 11) is 3.47. The average Bonchev–Trinajstić information content (AvgIpc) is 2.51. The summed E-state index contributed by atoms with van der Waals surface area (Å²) >= 11 is 0. The predicted molar refractivity (Wildman–Crippen MR) is 96.8 cm³/mol. The summed E-state index contributed by atoms with van der Waals surface area (Å²) in [4.78, 5) is 25.7. The molecule has 1 aromatic rings. The highest BCUT2D eigenvalue weighted by atomic mass is 35.5. The van der Waals surface area contributed by atoms with Gasteiger partial charge in [0.2, 0.25) is 11.8 Å². The molecule has 2 amide bonds. The Hall–Kier alpha value is -1.59. The van der Waals surface area contributed by atoms with Crippen LogP contribution in [0, 0.1) is 5.41 Å². The Kier molecular flexibility index (Phi) is 8.87. The van der Waals surface area contributed by atoms with Crippen molar-refractivity contribution in [3.05, 3.63) is 29.8 Å². The van der Waals surface area contributed by atoms with Crippen molar-refractivity contribution in [3.63, 3.8) is 0 Å². The van der Waals surface area contributed by atoms with Gasteiger partial charge in [-0.05, 0) is 30.5 Å². The van der Waals surface area contributed by atoms with Gasteiger partial charge in [-0.15, -0.1) is 12.4 Å². The van der Waals surface area contributed by atoms with Crippen LogP contribution in [0.5, 0.6) is 0 Å². The first-order chi connectivity index (χ1) is 10.4. The van der Waals surface area contributed by atoms with Crippen molar-refractivity contribution in [2.24, 2.45) is 11.1 Å². The molecule has 0 heterocycles. The quantitative estimate of drug-likeness (QED) is 0.799. The van der Waals surface area contributed by atoms with Crippen molar-refractivity contribution in [3.8, 4) is 0 Å². The van der Waals surface area contributed by atoms with E-state index < -0.39 is 5.41 Å². The van der Waals surface area contributed by atoms with Gasteiger partial charge in [-0.2, -0.15) is 0 Å². The lowest BCUT2D eigenvalue weighted by molar-refractivity contribution is -0.128. The van der Waals surface area contributed by atoms with E-state index in [1.165, 1.54) is 0 Å². The number of nitrogens with two attached hydrogens (primary N) is 1. The van der Waals surface area contributed by atoms with E-state index in [2.05, 4.69) is 5.32 Å². The van der Waals surface area contributed by atoms with Crippen LogP contribution in [-0.2, 0) is 16.0 Å². The maximum Gasteiger partial charge on any atom is 0.231 e. The molecule has 6 heteroatoms. The Morgan fingerprint density at radius 3 is 2.04 bits per heavy atom. The largest absolute Gasteiger partial charge is 0.349 e. The van der Waals surface area contributed by atoms with Crippen molar-refractivity contribution in [1.29, 1.82) is 0 Å². The highest BCUT2D eigenvalue weighted by molar-refractivity contribution is 5.95.